The van der Waals surface area contributed by atoms with Crippen LogP contribution in [-0.2, 0) is 12.8 Å². The molecule has 4 rings (SSSR count). The Morgan fingerprint density at radius 2 is 2.08 bits per heavy atom. The molecule has 38 heavy (non-hydrogen) atoms. The number of fused-ring (bicyclic) bond motifs is 1. The van der Waals surface area contributed by atoms with Crippen molar-refractivity contribution in [2.24, 2.45) is 16.6 Å². The lowest BCUT2D eigenvalue weighted by atomic mass is 9.84. The summed E-state index contributed by atoms with van der Waals surface area (Å²) in [5.74, 6) is -0.189. The monoisotopic (exact) mass is 517 g/mol. The van der Waals surface area contributed by atoms with Crippen LogP contribution in [0.5, 0.6) is 5.75 Å². The number of nitrogens with zero attached hydrogens (tertiary/aromatic N) is 5. The normalized spacial score (nSPS) is 18.6. The fourth-order valence-electron chi connectivity index (χ4n) is 4.58. The number of carbonyl (C=O) groups excluding carboxylic acids is 1. The molecule has 0 radical (unpaired) electrons. The summed E-state index contributed by atoms with van der Waals surface area (Å²) in [5, 5.41) is 12.8. The minimum Gasteiger partial charge on any atom is -0.437 e. The van der Waals surface area contributed by atoms with Crippen molar-refractivity contribution in [1.29, 1.82) is 5.26 Å². The number of amidine groups is 1. The van der Waals surface area contributed by atoms with Gasteiger partial charge in [-0.05, 0) is 61.6 Å². The van der Waals surface area contributed by atoms with Crippen LogP contribution in [0.25, 0.3) is 0 Å². The Morgan fingerprint density at radius 1 is 1.32 bits per heavy atom. The average molecular weight is 518 g/mol. The topological polar surface area (TPSA) is 120 Å². The summed E-state index contributed by atoms with van der Waals surface area (Å²) in [4.78, 5) is 25.2. The van der Waals surface area contributed by atoms with Gasteiger partial charge in [0.05, 0.1) is 5.56 Å². The molecule has 3 N–H and O–H groups in total. The molecule has 2 aromatic rings. The maximum absolute atomic E-state index is 15.2. The first-order valence-corrected chi connectivity index (χ1v) is 12.6. The van der Waals surface area contributed by atoms with Crippen LogP contribution in [0.3, 0.4) is 0 Å². The number of nitriles is 1. The number of likely N-dealkylation sites (N-methyl/N-ethyl adjacent to an activating group) is 1. The zero-order chi connectivity index (χ0) is 27.2. The quantitative estimate of drug-likeness (QED) is 0.261. The summed E-state index contributed by atoms with van der Waals surface area (Å²) < 4.78 is 20.8. The zero-order valence-corrected chi connectivity index (χ0v) is 21.7. The number of aliphatic imine (C=N–C) groups is 1. The molecule has 1 aromatic heterocycles. The van der Waals surface area contributed by atoms with Gasteiger partial charge in [0, 0.05) is 38.6 Å². The van der Waals surface area contributed by atoms with Gasteiger partial charge in [0.1, 0.15) is 11.9 Å². The molecule has 198 valence electrons. The van der Waals surface area contributed by atoms with Crippen LogP contribution in [-0.4, -0.2) is 59.8 Å². The molecule has 1 aromatic carbocycles. The third-order valence-electron chi connectivity index (χ3n) is 6.85. The molecule has 0 saturated carbocycles. The van der Waals surface area contributed by atoms with Gasteiger partial charge in [-0.25, -0.2) is 14.4 Å². The number of carbonyl (C=O) groups is 1. The predicted octanol–water partition coefficient (Wildman–Crippen LogP) is 3.46. The Labute approximate surface area is 222 Å². The number of ether oxygens (including phenoxy) is 1. The van der Waals surface area contributed by atoms with E-state index in [-0.39, 0.29) is 28.9 Å². The van der Waals surface area contributed by atoms with Gasteiger partial charge in [0.25, 0.3) is 5.91 Å². The van der Waals surface area contributed by atoms with Crippen molar-refractivity contribution in [2.75, 3.05) is 38.5 Å². The van der Waals surface area contributed by atoms with E-state index in [4.69, 9.17) is 10.5 Å². The Bertz CT molecular complexity index is 1310. The number of piperazine rings is 1. The van der Waals surface area contributed by atoms with Crippen LogP contribution >= 0.6 is 0 Å². The average Bonchev–Trinajstić information content (AvgIpc) is 2.91. The SMILES string of the molecule is C=C/N=C(Nc1ccc(C(=O)N2CCN(C)CC2)cn1)\C(C#N)=C(/N)Oc1ccc2c(c1F)C[C@@H](C)CC2. The molecule has 1 aliphatic heterocycles. The third kappa shape index (κ3) is 6.01. The number of aromatic nitrogens is 1. The molecule has 10 heteroatoms. The van der Waals surface area contributed by atoms with Gasteiger partial charge in [0.2, 0.25) is 5.88 Å². The number of benzene rings is 1. The molecule has 1 fully saturated rings. The van der Waals surface area contributed by atoms with Crippen LogP contribution in [0, 0.1) is 23.1 Å². The van der Waals surface area contributed by atoms with Crippen LogP contribution in [0.1, 0.15) is 34.8 Å². The van der Waals surface area contributed by atoms with Gasteiger partial charge in [0.15, 0.2) is 23.0 Å². The molecule has 1 atom stereocenters. The highest BCUT2D eigenvalue weighted by Gasteiger charge is 2.24. The summed E-state index contributed by atoms with van der Waals surface area (Å²) in [6.07, 6.45) is 5.15. The van der Waals surface area contributed by atoms with Gasteiger partial charge in [-0.3, -0.25) is 4.79 Å². The number of anilines is 1. The van der Waals surface area contributed by atoms with E-state index in [1.807, 2.05) is 19.2 Å². The molecule has 0 unspecified atom stereocenters. The maximum Gasteiger partial charge on any atom is 0.255 e. The molecule has 2 aliphatic rings. The molecule has 2 heterocycles. The van der Waals surface area contributed by atoms with Gasteiger partial charge in [-0.15, -0.1) is 0 Å². The standard InChI is InChI=1S/C28H32FN7O2/c1-4-32-27(34-24-10-8-20(17-33-24)28(37)36-13-11-35(3)12-14-36)22(16-30)26(31)38-23-9-7-19-6-5-18(2)15-21(19)25(23)29/h4,7-10,17-18H,1,5-6,11-15,31H2,2-3H3,(H,32,33,34)/b26-22+/t18-/m0/s1. The maximum atomic E-state index is 15.2. The first-order chi connectivity index (χ1) is 18.3. The minimum absolute atomic E-state index is 0.0256. The first-order valence-electron chi connectivity index (χ1n) is 12.6. The van der Waals surface area contributed by atoms with Crippen LogP contribution in [0.2, 0.25) is 0 Å². The van der Waals surface area contributed by atoms with E-state index in [0.717, 1.165) is 31.5 Å². The van der Waals surface area contributed by atoms with Crippen LogP contribution in [0.15, 0.2) is 59.7 Å². The number of nitrogens with two attached hydrogens (primary N) is 1. The molecular formula is C28H32FN7O2. The fraction of sp³-hybridized carbons (Fsp3) is 0.357. The molecule has 1 amide bonds. The summed E-state index contributed by atoms with van der Waals surface area (Å²) in [6, 6.07) is 8.60. The Kier molecular flexibility index (Phi) is 8.38. The second kappa shape index (κ2) is 11.9. The number of rotatable bonds is 6. The van der Waals surface area contributed by atoms with E-state index in [1.54, 1.807) is 17.0 Å². The lowest BCUT2D eigenvalue weighted by Crippen LogP contribution is -2.47. The lowest BCUT2D eigenvalue weighted by molar-refractivity contribution is 0.0663. The van der Waals surface area contributed by atoms with Crippen molar-refractivity contribution >= 4 is 17.6 Å². The smallest absolute Gasteiger partial charge is 0.255 e. The fourth-order valence-corrected chi connectivity index (χ4v) is 4.58. The highest BCUT2D eigenvalue weighted by atomic mass is 19.1. The number of hydrogen-bond acceptors (Lipinski definition) is 7. The molecule has 1 aliphatic carbocycles. The lowest BCUT2D eigenvalue weighted by Gasteiger charge is -2.32. The molecular weight excluding hydrogens is 485 g/mol. The van der Waals surface area contributed by atoms with Crippen molar-refractivity contribution in [3.8, 4) is 11.8 Å². The van der Waals surface area contributed by atoms with Crippen molar-refractivity contribution in [2.45, 2.75) is 26.2 Å². The molecule has 9 nitrogen and oxygen atoms in total. The number of aryl methyl sites for hydroxylation is 1. The number of halogens is 1. The molecule has 0 bridgehead atoms. The Balaban J connectivity index is 1.51. The van der Waals surface area contributed by atoms with Gasteiger partial charge in [-0.2, -0.15) is 5.26 Å². The van der Waals surface area contributed by atoms with Gasteiger partial charge in [-0.1, -0.05) is 19.6 Å². The summed E-state index contributed by atoms with van der Waals surface area (Å²) in [7, 11) is 2.03. The molecule has 1 saturated heterocycles. The van der Waals surface area contributed by atoms with E-state index in [9.17, 15) is 10.1 Å². The van der Waals surface area contributed by atoms with E-state index in [1.165, 1.54) is 18.5 Å². The highest BCUT2D eigenvalue weighted by molar-refractivity contribution is 6.10. The van der Waals surface area contributed by atoms with Crippen molar-refractivity contribution < 1.29 is 13.9 Å². The van der Waals surface area contributed by atoms with Crippen LogP contribution < -0.4 is 15.8 Å². The van der Waals surface area contributed by atoms with E-state index in [0.29, 0.717) is 42.4 Å². The summed E-state index contributed by atoms with van der Waals surface area (Å²) >= 11 is 0. The summed E-state index contributed by atoms with van der Waals surface area (Å²) in [5.41, 5.74) is 8.02. The van der Waals surface area contributed by atoms with Crippen molar-refractivity contribution in [3.63, 3.8) is 0 Å². The third-order valence-corrected chi connectivity index (χ3v) is 6.85. The van der Waals surface area contributed by atoms with Crippen molar-refractivity contribution in [1.82, 2.24) is 14.8 Å². The Hall–Kier alpha value is -4.23. The predicted molar refractivity (Wildman–Crippen MR) is 144 cm³/mol. The largest absolute Gasteiger partial charge is 0.437 e. The van der Waals surface area contributed by atoms with Gasteiger partial charge >= 0.3 is 0 Å². The van der Waals surface area contributed by atoms with E-state index >= 15 is 4.39 Å². The number of amides is 1. The molecule has 0 spiro atoms. The zero-order valence-electron chi connectivity index (χ0n) is 21.7. The minimum atomic E-state index is -0.466. The van der Waals surface area contributed by atoms with E-state index in [2.05, 4.69) is 33.7 Å². The van der Waals surface area contributed by atoms with Gasteiger partial charge < -0.3 is 25.6 Å². The number of hydrogen-bond donors (Lipinski definition) is 2. The van der Waals surface area contributed by atoms with Crippen molar-refractivity contribution in [3.05, 3.63) is 77.2 Å². The Morgan fingerprint density at radius 3 is 2.74 bits per heavy atom. The van der Waals surface area contributed by atoms with E-state index < -0.39 is 5.82 Å². The second-order valence-electron chi connectivity index (χ2n) is 9.63. The summed E-state index contributed by atoms with van der Waals surface area (Å²) in [6.45, 7) is 8.64. The second-order valence-corrected chi connectivity index (χ2v) is 9.63. The highest BCUT2D eigenvalue weighted by Crippen LogP contribution is 2.32. The number of nitrogens with one attached hydrogen (secondary N) is 1. The van der Waals surface area contributed by atoms with Crippen LogP contribution in [0.4, 0.5) is 10.2 Å². The first kappa shape index (κ1) is 26.8. The number of pyridine rings is 1.